The molecule has 2 aromatic carbocycles. The number of benzene rings is 2. The summed E-state index contributed by atoms with van der Waals surface area (Å²) in [5.74, 6) is 0.131. The second-order valence-electron chi connectivity index (χ2n) is 6.79. The number of nitrogens with zero attached hydrogens (tertiary/aromatic N) is 2. The van der Waals surface area contributed by atoms with Gasteiger partial charge in [-0.15, -0.1) is 0 Å². The molecule has 0 atom stereocenters. The molecule has 0 bridgehead atoms. The minimum atomic E-state index is 0.0465. The van der Waals surface area contributed by atoms with Gasteiger partial charge in [0.15, 0.2) is 0 Å². The minimum Gasteiger partial charge on any atom is -0.335 e. The highest BCUT2D eigenvalue weighted by molar-refractivity contribution is 5.96. The summed E-state index contributed by atoms with van der Waals surface area (Å²) < 4.78 is 0. The lowest BCUT2D eigenvalue weighted by atomic mass is 10.1. The van der Waals surface area contributed by atoms with Crippen molar-refractivity contribution in [1.82, 2.24) is 9.80 Å². The number of piperazine rings is 1. The SMILES string of the molecule is O=C(c1ccccc1)N1CCN(C(=O)c2ccc3c(c2)CCC3)CC1. The van der Waals surface area contributed by atoms with Crippen LogP contribution in [-0.4, -0.2) is 47.8 Å². The van der Waals surface area contributed by atoms with E-state index in [4.69, 9.17) is 0 Å². The van der Waals surface area contributed by atoms with Gasteiger partial charge in [-0.25, -0.2) is 0 Å². The van der Waals surface area contributed by atoms with Crippen LogP contribution in [0.15, 0.2) is 48.5 Å². The Morgan fingerprint density at radius 3 is 1.96 bits per heavy atom. The Kier molecular flexibility index (Phi) is 4.26. The number of hydrogen-bond donors (Lipinski definition) is 0. The standard InChI is InChI=1S/C21H22N2O2/c24-20(17-5-2-1-3-6-17)22-11-13-23(14-12-22)21(25)19-10-9-16-7-4-8-18(16)15-19/h1-3,5-6,9-10,15H,4,7-8,11-14H2. The summed E-state index contributed by atoms with van der Waals surface area (Å²) >= 11 is 0. The van der Waals surface area contributed by atoms with E-state index in [9.17, 15) is 9.59 Å². The van der Waals surface area contributed by atoms with Crippen molar-refractivity contribution in [3.8, 4) is 0 Å². The van der Waals surface area contributed by atoms with Crippen molar-refractivity contribution in [2.45, 2.75) is 19.3 Å². The van der Waals surface area contributed by atoms with E-state index in [1.807, 2.05) is 46.2 Å². The molecule has 1 heterocycles. The largest absolute Gasteiger partial charge is 0.335 e. The monoisotopic (exact) mass is 334 g/mol. The smallest absolute Gasteiger partial charge is 0.253 e. The molecule has 2 aromatic rings. The number of amides is 2. The van der Waals surface area contributed by atoms with Crippen LogP contribution in [0, 0.1) is 0 Å². The summed E-state index contributed by atoms with van der Waals surface area (Å²) in [7, 11) is 0. The molecule has 2 amide bonds. The molecular formula is C21H22N2O2. The van der Waals surface area contributed by atoms with E-state index in [0.717, 1.165) is 18.4 Å². The van der Waals surface area contributed by atoms with E-state index in [-0.39, 0.29) is 11.8 Å². The Morgan fingerprint density at radius 2 is 1.28 bits per heavy atom. The predicted octanol–water partition coefficient (Wildman–Crippen LogP) is 2.77. The van der Waals surface area contributed by atoms with Gasteiger partial charge in [0.25, 0.3) is 11.8 Å². The molecule has 1 fully saturated rings. The maximum Gasteiger partial charge on any atom is 0.253 e. The molecule has 128 valence electrons. The first-order valence-corrected chi connectivity index (χ1v) is 8.98. The molecule has 0 spiro atoms. The van der Waals surface area contributed by atoms with E-state index >= 15 is 0 Å². The molecule has 0 aromatic heterocycles. The fourth-order valence-corrected chi connectivity index (χ4v) is 3.76. The zero-order valence-corrected chi connectivity index (χ0v) is 14.3. The van der Waals surface area contributed by atoms with Crippen LogP contribution in [0.4, 0.5) is 0 Å². The predicted molar refractivity (Wildman–Crippen MR) is 96.7 cm³/mol. The summed E-state index contributed by atoms with van der Waals surface area (Å²) in [6.07, 6.45) is 3.40. The van der Waals surface area contributed by atoms with Crippen molar-refractivity contribution >= 4 is 11.8 Å². The highest BCUT2D eigenvalue weighted by Crippen LogP contribution is 2.23. The minimum absolute atomic E-state index is 0.0465. The Balaban J connectivity index is 1.40. The average Bonchev–Trinajstić information content (AvgIpc) is 3.15. The molecule has 4 nitrogen and oxygen atoms in total. The highest BCUT2D eigenvalue weighted by atomic mass is 16.2. The zero-order chi connectivity index (χ0) is 17.2. The number of aryl methyl sites for hydroxylation is 2. The van der Waals surface area contributed by atoms with Crippen LogP contribution >= 0.6 is 0 Å². The third-order valence-electron chi connectivity index (χ3n) is 5.22. The third-order valence-corrected chi connectivity index (χ3v) is 5.22. The van der Waals surface area contributed by atoms with E-state index < -0.39 is 0 Å². The average molecular weight is 334 g/mol. The molecule has 0 unspecified atom stereocenters. The fraction of sp³-hybridized carbons (Fsp3) is 0.333. The van der Waals surface area contributed by atoms with Crippen LogP contribution in [0.2, 0.25) is 0 Å². The van der Waals surface area contributed by atoms with Gasteiger partial charge < -0.3 is 9.80 Å². The van der Waals surface area contributed by atoms with Gasteiger partial charge in [0.05, 0.1) is 0 Å². The van der Waals surface area contributed by atoms with E-state index in [1.165, 1.54) is 17.5 Å². The molecule has 4 heteroatoms. The Bertz CT molecular complexity index is 793. The summed E-state index contributed by atoms with van der Waals surface area (Å²) in [6, 6.07) is 15.4. The van der Waals surface area contributed by atoms with Gasteiger partial charge in [-0.2, -0.15) is 0 Å². The Labute approximate surface area is 148 Å². The number of rotatable bonds is 2. The van der Waals surface area contributed by atoms with Crippen LogP contribution < -0.4 is 0 Å². The summed E-state index contributed by atoms with van der Waals surface area (Å²) in [6.45, 7) is 2.36. The second-order valence-corrected chi connectivity index (χ2v) is 6.79. The Hall–Kier alpha value is -2.62. The lowest BCUT2D eigenvalue weighted by Crippen LogP contribution is -2.50. The lowest BCUT2D eigenvalue weighted by molar-refractivity contribution is 0.0535. The quantitative estimate of drug-likeness (QED) is 0.847. The second kappa shape index (κ2) is 6.71. The first-order valence-electron chi connectivity index (χ1n) is 8.98. The number of carbonyl (C=O) groups excluding carboxylic acids is 2. The van der Waals surface area contributed by atoms with Gasteiger partial charge >= 0.3 is 0 Å². The van der Waals surface area contributed by atoms with E-state index in [0.29, 0.717) is 31.7 Å². The highest BCUT2D eigenvalue weighted by Gasteiger charge is 2.26. The first kappa shape index (κ1) is 15.9. The van der Waals surface area contributed by atoms with Crippen molar-refractivity contribution in [2.24, 2.45) is 0 Å². The molecule has 1 aliphatic heterocycles. The molecule has 1 aliphatic carbocycles. The molecular weight excluding hydrogens is 312 g/mol. The summed E-state index contributed by atoms with van der Waals surface area (Å²) in [4.78, 5) is 29.0. The van der Waals surface area contributed by atoms with Crippen molar-refractivity contribution < 1.29 is 9.59 Å². The van der Waals surface area contributed by atoms with Crippen LogP contribution in [0.3, 0.4) is 0 Å². The molecule has 0 N–H and O–H groups in total. The van der Waals surface area contributed by atoms with Gasteiger partial charge in [0.1, 0.15) is 0 Å². The maximum absolute atomic E-state index is 12.8. The molecule has 4 rings (SSSR count). The summed E-state index contributed by atoms with van der Waals surface area (Å²) in [5.41, 5.74) is 4.20. The maximum atomic E-state index is 12.8. The van der Waals surface area contributed by atoms with Gasteiger partial charge in [0.2, 0.25) is 0 Å². The topological polar surface area (TPSA) is 40.6 Å². The normalized spacial score (nSPS) is 16.6. The van der Waals surface area contributed by atoms with E-state index in [2.05, 4.69) is 12.1 Å². The van der Waals surface area contributed by atoms with Gasteiger partial charge in [0, 0.05) is 37.3 Å². The van der Waals surface area contributed by atoms with Crippen LogP contribution in [0.1, 0.15) is 38.3 Å². The first-order chi connectivity index (χ1) is 12.2. The lowest BCUT2D eigenvalue weighted by Gasteiger charge is -2.35. The van der Waals surface area contributed by atoms with Gasteiger partial charge in [-0.05, 0) is 54.7 Å². The van der Waals surface area contributed by atoms with Crippen LogP contribution in [0.25, 0.3) is 0 Å². The fourth-order valence-electron chi connectivity index (χ4n) is 3.76. The number of fused-ring (bicyclic) bond motifs is 1. The van der Waals surface area contributed by atoms with Crippen molar-refractivity contribution in [1.29, 1.82) is 0 Å². The summed E-state index contributed by atoms with van der Waals surface area (Å²) in [5, 5.41) is 0. The Morgan fingerprint density at radius 1 is 0.680 bits per heavy atom. The van der Waals surface area contributed by atoms with Gasteiger partial charge in [-0.1, -0.05) is 24.3 Å². The van der Waals surface area contributed by atoms with E-state index in [1.54, 1.807) is 0 Å². The van der Waals surface area contributed by atoms with Crippen molar-refractivity contribution in [3.05, 3.63) is 70.8 Å². The number of carbonyl (C=O) groups is 2. The molecule has 2 aliphatic rings. The van der Waals surface area contributed by atoms with Crippen LogP contribution in [-0.2, 0) is 12.8 Å². The van der Waals surface area contributed by atoms with Gasteiger partial charge in [-0.3, -0.25) is 9.59 Å². The van der Waals surface area contributed by atoms with Crippen LogP contribution in [0.5, 0.6) is 0 Å². The molecule has 0 radical (unpaired) electrons. The molecule has 25 heavy (non-hydrogen) atoms. The molecule has 0 saturated carbocycles. The number of hydrogen-bond acceptors (Lipinski definition) is 2. The van der Waals surface area contributed by atoms with Crippen molar-refractivity contribution in [3.63, 3.8) is 0 Å². The zero-order valence-electron chi connectivity index (χ0n) is 14.3. The molecule has 1 saturated heterocycles. The van der Waals surface area contributed by atoms with Crippen molar-refractivity contribution in [2.75, 3.05) is 26.2 Å². The third kappa shape index (κ3) is 3.16.